The van der Waals surface area contributed by atoms with Gasteiger partial charge in [0.05, 0.1) is 11.1 Å². The Kier molecular flexibility index (Phi) is 6.33. The van der Waals surface area contributed by atoms with Gasteiger partial charge >= 0.3 is 6.18 Å². The quantitative estimate of drug-likeness (QED) is 0.694. The Balaban J connectivity index is 3.20. The van der Waals surface area contributed by atoms with Crippen molar-refractivity contribution in [3.8, 4) is 0 Å². The van der Waals surface area contributed by atoms with Crippen LogP contribution in [0.5, 0.6) is 0 Å². The van der Waals surface area contributed by atoms with E-state index in [1.165, 1.54) is 17.0 Å². The molecule has 0 aromatic heterocycles. The van der Waals surface area contributed by atoms with E-state index in [0.717, 1.165) is 6.07 Å². The molecule has 20 heavy (non-hydrogen) atoms. The molecular formula is C13H14BrClF3NO. The van der Waals surface area contributed by atoms with E-state index in [9.17, 15) is 18.0 Å². The first-order valence-corrected chi connectivity index (χ1v) is 7.36. The molecule has 1 aromatic rings. The SMILES string of the molecule is CCCN(CCCl)C(=O)c1ccc(Br)cc1C(F)(F)F. The highest BCUT2D eigenvalue weighted by atomic mass is 79.9. The third kappa shape index (κ3) is 4.38. The van der Waals surface area contributed by atoms with Crippen LogP contribution in [0.1, 0.15) is 29.3 Å². The van der Waals surface area contributed by atoms with Gasteiger partial charge in [0.15, 0.2) is 0 Å². The summed E-state index contributed by atoms with van der Waals surface area (Å²) in [5.41, 5.74) is -1.29. The number of hydrogen-bond donors (Lipinski definition) is 0. The van der Waals surface area contributed by atoms with Crippen molar-refractivity contribution < 1.29 is 18.0 Å². The number of halogens is 5. The van der Waals surface area contributed by atoms with Crippen LogP contribution in [-0.2, 0) is 6.18 Å². The van der Waals surface area contributed by atoms with E-state index >= 15 is 0 Å². The van der Waals surface area contributed by atoms with Gasteiger partial charge in [0.2, 0.25) is 0 Å². The second-order valence-electron chi connectivity index (χ2n) is 4.17. The first-order valence-electron chi connectivity index (χ1n) is 6.03. The van der Waals surface area contributed by atoms with Crippen molar-refractivity contribution in [2.24, 2.45) is 0 Å². The van der Waals surface area contributed by atoms with Crippen molar-refractivity contribution in [1.29, 1.82) is 0 Å². The summed E-state index contributed by atoms with van der Waals surface area (Å²) in [7, 11) is 0. The zero-order valence-electron chi connectivity index (χ0n) is 10.8. The Morgan fingerprint density at radius 1 is 1.35 bits per heavy atom. The van der Waals surface area contributed by atoms with Gasteiger partial charge in [0.1, 0.15) is 0 Å². The molecule has 0 unspecified atom stereocenters. The summed E-state index contributed by atoms with van der Waals surface area (Å²) >= 11 is 8.59. The van der Waals surface area contributed by atoms with Crippen LogP contribution in [0.3, 0.4) is 0 Å². The zero-order valence-corrected chi connectivity index (χ0v) is 13.1. The van der Waals surface area contributed by atoms with E-state index in [2.05, 4.69) is 15.9 Å². The molecule has 0 fully saturated rings. The maximum Gasteiger partial charge on any atom is 0.417 e. The molecule has 0 bridgehead atoms. The molecule has 1 amide bonds. The minimum Gasteiger partial charge on any atom is -0.337 e. The van der Waals surface area contributed by atoms with Crippen molar-refractivity contribution in [3.05, 3.63) is 33.8 Å². The van der Waals surface area contributed by atoms with Crippen LogP contribution in [0.4, 0.5) is 13.2 Å². The molecule has 1 rings (SSSR count). The highest BCUT2D eigenvalue weighted by molar-refractivity contribution is 9.10. The smallest absolute Gasteiger partial charge is 0.337 e. The van der Waals surface area contributed by atoms with Gasteiger partial charge in [-0.15, -0.1) is 11.6 Å². The van der Waals surface area contributed by atoms with E-state index in [0.29, 0.717) is 13.0 Å². The van der Waals surface area contributed by atoms with Crippen LogP contribution in [0.25, 0.3) is 0 Å². The number of alkyl halides is 4. The third-order valence-electron chi connectivity index (χ3n) is 2.65. The van der Waals surface area contributed by atoms with Gasteiger partial charge in [0, 0.05) is 23.4 Å². The van der Waals surface area contributed by atoms with Gasteiger partial charge in [0.25, 0.3) is 5.91 Å². The number of benzene rings is 1. The molecule has 0 saturated heterocycles. The second kappa shape index (κ2) is 7.31. The minimum absolute atomic E-state index is 0.184. The molecule has 0 radical (unpaired) electrons. The Hall–Kier alpha value is -0.750. The molecule has 0 heterocycles. The summed E-state index contributed by atoms with van der Waals surface area (Å²) in [6.07, 6.45) is -3.92. The summed E-state index contributed by atoms with van der Waals surface area (Å²) in [5, 5.41) is 0. The fourth-order valence-electron chi connectivity index (χ4n) is 1.79. The van der Waals surface area contributed by atoms with E-state index in [1.54, 1.807) is 0 Å². The van der Waals surface area contributed by atoms with Gasteiger partial charge in [-0.05, 0) is 24.6 Å². The maximum absolute atomic E-state index is 13.0. The topological polar surface area (TPSA) is 20.3 Å². The molecule has 7 heteroatoms. The van der Waals surface area contributed by atoms with Crippen LogP contribution in [0, 0.1) is 0 Å². The normalized spacial score (nSPS) is 11.5. The molecule has 112 valence electrons. The van der Waals surface area contributed by atoms with Gasteiger partial charge in [-0.25, -0.2) is 0 Å². The third-order valence-corrected chi connectivity index (χ3v) is 3.31. The number of rotatable bonds is 5. The number of nitrogens with zero attached hydrogens (tertiary/aromatic N) is 1. The Labute approximate surface area is 129 Å². The number of hydrogen-bond acceptors (Lipinski definition) is 1. The van der Waals surface area contributed by atoms with E-state index < -0.39 is 17.6 Å². The summed E-state index contributed by atoms with van der Waals surface area (Å²) in [6.45, 7) is 2.45. The lowest BCUT2D eigenvalue weighted by atomic mass is 10.1. The van der Waals surface area contributed by atoms with Crippen molar-refractivity contribution in [3.63, 3.8) is 0 Å². The van der Waals surface area contributed by atoms with E-state index in [1.807, 2.05) is 6.92 Å². The Bertz CT molecular complexity index is 473. The molecule has 0 aliphatic carbocycles. The number of carbonyl (C=O) groups excluding carboxylic acids is 1. The Morgan fingerprint density at radius 3 is 2.50 bits per heavy atom. The van der Waals surface area contributed by atoms with Crippen molar-refractivity contribution in [2.45, 2.75) is 19.5 Å². The lowest BCUT2D eigenvalue weighted by molar-refractivity contribution is -0.138. The van der Waals surface area contributed by atoms with Gasteiger partial charge in [-0.2, -0.15) is 13.2 Å². The lowest BCUT2D eigenvalue weighted by Gasteiger charge is -2.23. The molecule has 0 saturated carbocycles. The van der Waals surface area contributed by atoms with Gasteiger partial charge < -0.3 is 4.90 Å². The first kappa shape index (κ1) is 17.3. The standard InChI is InChI=1S/C13H14BrClF3NO/c1-2-6-19(7-5-15)12(20)10-4-3-9(14)8-11(10)13(16,17)18/h3-4,8H,2,5-7H2,1H3. The molecule has 1 aromatic carbocycles. The highest BCUT2D eigenvalue weighted by Gasteiger charge is 2.36. The molecule has 0 aliphatic rings. The van der Waals surface area contributed by atoms with Crippen molar-refractivity contribution >= 4 is 33.4 Å². The lowest BCUT2D eigenvalue weighted by Crippen LogP contribution is -2.34. The van der Waals surface area contributed by atoms with Gasteiger partial charge in [-0.1, -0.05) is 22.9 Å². The fourth-order valence-corrected chi connectivity index (χ4v) is 2.36. The first-order chi connectivity index (χ1) is 9.31. The average Bonchev–Trinajstić information content (AvgIpc) is 2.36. The zero-order chi connectivity index (χ0) is 15.3. The minimum atomic E-state index is -4.58. The molecule has 0 atom stereocenters. The maximum atomic E-state index is 13.0. The summed E-state index contributed by atoms with van der Waals surface area (Å²) < 4.78 is 39.3. The molecule has 2 nitrogen and oxygen atoms in total. The predicted molar refractivity (Wildman–Crippen MR) is 76.1 cm³/mol. The monoisotopic (exact) mass is 371 g/mol. The van der Waals surface area contributed by atoms with Crippen LogP contribution < -0.4 is 0 Å². The highest BCUT2D eigenvalue weighted by Crippen LogP contribution is 2.34. The molecular weight excluding hydrogens is 358 g/mol. The summed E-state index contributed by atoms with van der Waals surface area (Å²) in [4.78, 5) is 13.6. The van der Waals surface area contributed by atoms with Crippen LogP contribution in [0.15, 0.2) is 22.7 Å². The molecule has 0 N–H and O–H groups in total. The number of carbonyl (C=O) groups is 1. The largest absolute Gasteiger partial charge is 0.417 e. The molecule has 0 spiro atoms. The van der Waals surface area contributed by atoms with Crippen molar-refractivity contribution in [1.82, 2.24) is 4.90 Å². The predicted octanol–water partition coefficient (Wildman–Crippen LogP) is 4.56. The average molecular weight is 373 g/mol. The second-order valence-corrected chi connectivity index (χ2v) is 5.46. The summed E-state index contributed by atoms with van der Waals surface area (Å²) in [5.74, 6) is -0.462. The van der Waals surface area contributed by atoms with E-state index in [4.69, 9.17) is 11.6 Å². The Morgan fingerprint density at radius 2 is 2.00 bits per heavy atom. The number of amides is 1. The van der Waals surface area contributed by atoms with Crippen LogP contribution in [0.2, 0.25) is 0 Å². The van der Waals surface area contributed by atoms with Crippen LogP contribution in [-0.4, -0.2) is 29.8 Å². The van der Waals surface area contributed by atoms with E-state index in [-0.39, 0.29) is 22.5 Å². The van der Waals surface area contributed by atoms with Gasteiger partial charge in [-0.3, -0.25) is 4.79 Å². The van der Waals surface area contributed by atoms with Crippen LogP contribution >= 0.6 is 27.5 Å². The van der Waals surface area contributed by atoms with Crippen molar-refractivity contribution in [2.75, 3.05) is 19.0 Å². The summed E-state index contributed by atoms with van der Waals surface area (Å²) in [6, 6.07) is 3.53. The fraction of sp³-hybridized carbons (Fsp3) is 0.462. The molecule has 0 aliphatic heterocycles.